The van der Waals surface area contributed by atoms with Crippen molar-refractivity contribution in [1.82, 2.24) is 26.1 Å². The van der Waals surface area contributed by atoms with Crippen molar-refractivity contribution < 1.29 is 14.1 Å². The number of nitrogens with zero attached hydrogens (tertiary/aromatic N) is 3. The van der Waals surface area contributed by atoms with Crippen LogP contribution in [-0.4, -0.2) is 54.5 Å². The average molecular weight is 326 g/mol. The zero-order chi connectivity index (χ0) is 17.3. The first-order chi connectivity index (χ1) is 10.8. The first kappa shape index (κ1) is 18.7. The number of rotatable bonds is 6. The number of hydrogen-bond acceptors (Lipinski definition) is 6. The second-order valence-electron chi connectivity index (χ2n) is 5.84. The molecule has 0 spiro atoms. The predicted molar refractivity (Wildman–Crippen MR) is 86.3 cm³/mol. The van der Waals surface area contributed by atoms with Gasteiger partial charge in [0, 0.05) is 33.1 Å². The third-order valence-corrected chi connectivity index (χ3v) is 2.51. The topological polar surface area (TPSA) is 114 Å². The number of hydrogen-bond donors (Lipinski definition) is 3. The molecule has 0 unspecified atom stereocenters. The van der Waals surface area contributed by atoms with Crippen molar-refractivity contribution in [2.24, 2.45) is 4.99 Å². The third kappa shape index (κ3) is 8.64. The van der Waals surface area contributed by atoms with Gasteiger partial charge in [-0.2, -0.15) is 4.98 Å². The van der Waals surface area contributed by atoms with E-state index < -0.39 is 11.7 Å². The summed E-state index contributed by atoms with van der Waals surface area (Å²) >= 11 is 0. The lowest BCUT2D eigenvalue weighted by Gasteiger charge is -2.19. The van der Waals surface area contributed by atoms with Gasteiger partial charge < -0.3 is 25.2 Å². The van der Waals surface area contributed by atoms with Crippen molar-refractivity contribution in [3.05, 3.63) is 11.7 Å². The highest BCUT2D eigenvalue weighted by Crippen LogP contribution is 2.05. The van der Waals surface area contributed by atoms with Crippen molar-refractivity contribution in [2.45, 2.75) is 39.7 Å². The Labute approximate surface area is 136 Å². The zero-order valence-corrected chi connectivity index (χ0v) is 14.4. The van der Waals surface area contributed by atoms with Gasteiger partial charge in [0.15, 0.2) is 11.8 Å². The minimum absolute atomic E-state index is 0.429. The molecule has 1 aromatic rings. The summed E-state index contributed by atoms with van der Waals surface area (Å²) in [5.74, 6) is 1.83. The summed E-state index contributed by atoms with van der Waals surface area (Å²) in [6, 6.07) is 0. The summed E-state index contributed by atoms with van der Waals surface area (Å²) in [5, 5.41) is 12.6. The van der Waals surface area contributed by atoms with E-state index in [1.165, 1.54) is 0 Å². The van der Waals surface area contributed by atoms with Crippen LogP contribution >= 0.6 is 0 Å². The largest absolute Gasteiger partial charge is 0.444 e. The van der Waals surface area contributed by atoms with Gasteiger partial charge in [0.25, 0.3) is 0 Å². The number of ether oxygens (including phenoxy) is 1. The average Bonchev–Trinajstić information content (AvgIpc) is 2.85. The van der Waals surface area contributed by atoms with Crippen molar-refractivity contribution in [3.8, 4) is 0 Å². The van der Waals surface area contributed by atoms with Crippen LogP contribution in [0.2, 0.25) is 0 Å². The van der Waals surface area contributed by atoms with Gasteiger partial charge in [-0.05, 0) is 27.7 Å². The molecule has 1 heterocycles. The number of aryl methyl sites for hydroxylation is 1. The lowest BCUT2D eigenvalue weighted by molar-refractivity contribution is 0.0529. The summed E-state index contributed by atoms with van der Waals surface area (Å²) in [5.41, 5.74) is -0.498. The summed E-state index contributed by atoms with van der Waals surface area (Å²) in [4.78, 5) is 19.7. The fraction of sp³-hybridized carbons (Fsp3) is 0.714. The quantitative estimate of drug-likeness (QED) is 0.399. The molecule has 0 fully saturated rings. The van der Waals surface area contributed by atoms with Crippen molar-refractivity contribution in [3.63, 3.8) is 0 Å². The fourth-order valence-electron chi connectivity index (χ4n) is 1.61. The molecule has 9 nitrogen and oxygen atoms in total. The normalized spacial score (nSPS) is 12.0. The number of guanidine groups is 1. The molecule has 3 N–H and O–H groups in total. The maximum absolute atomic E-state index is 11.5. The number of alkyl carbamates (subject to hydrolysis) is 1. The molecule has 0 aromatic carbocycles. The summed E-state index contributed by atoms with van der Waals surface area (Å²) in [6.07, 6.45) is 0.173. The Hall–Kier alpha value is -2.32. The highest BCUT2D eigenvalue weighted by atomic mass is 16.6. The van der Waals surface area contributed by atoms with Crippen LogP contribution in [0.5, 0.6) is 0 Å². The van der Waals surface area contributed by atoms with E-state index in [2.05, 4.69) is 31.1 Å². The Kier molecular flexibility index (Phi) is 7.30. The molecule has 9 heteroatoms. The number of carbonyl (C=O) groups excluding carboxylic acids is 1. The molecule has 23 heavy (non-hydrogen) atoms. The van der Waals surface area contributed by atoms with E-state index in [4.69, 9.17) is 9.26 Å². The highest BCUT2D eigenvalue weighted by molar-refractivity contribution is 5.79. The van der Waals surface area contributed by atoms with Crippen LogP contribution in [0.3, 0.4) is 0 Å². The van der Waals surface area contributed by atoms with E-state index in [9.17, 15) is 4.79 Å². The molecular formula is C14H26N6O3. The Bertz CT molecular complexity index is 521. The number of carbonyl (C=O) groups is 1. The van der Waals surface area contributed by atoms with Gasteiger partial charge in [-0.1, -0.05) is 5.16 Å². The molecule has 0 aliphatic heterocycles. The van der Waals surface area contributed by atoms with Gasteiger partial charge in [0.05, 0.1) is 0 Å². The van der Waals surface area contributed by atoms with Crippen LogP contribution in [0.1, 0.15) is 32.5 Å². The van der Waals surface area contributed by atoms with Crippen molar-refractivity contribution in [1.29, 1.82) is 0 Å². The molecule has 1 amide bonds. The molecule has 0 bridgehead atoms. The Morgan fingerprint density at radius 3 is 2.43 bits per heavy atom. The minimum Gasteiger partial charge on any atom is -0.444 e. The summed E-state index contributed by atoms with van der Waals surface area (Å²) in [6.45, 7) is 8.81. The van der Waals surface area contributed by atoms with E-state index in [1.807, 2.05) is 20.8 Å². The van der Waals surface area contributed by atoms with E-state index in [0.717, 1.165) is 0 Å². The van der Waals surface area contributed by atoms with Crippen LogP contribution in [0, 0.1) is 6.92 Å². The van der Waals surface area contributed by atoms with Crippen molar-refractivity contribution >= 4 is 12.1 Å². The van der Waals surface area contributed by atoms with Gasteiger partial charge in [-0.15, -0.1) is 0 Å². The Morgan fingerprint density at radius 2 is 1.87 bits per heavy atom. The fourth-order valence-corrected chi connectivity index (χ4v) is 1.61. The monoisotopic (exact) mass is 326 g/mol. The van der Waals surface area contributed by atoms with Gasteiger partial charge in [0.2, 0.25) is 5.89 Å². The maximum atomic E-state index is 11.5. The van der Waals surface area contributed by atoms with Crippen molar-refractivity contribution in [2.75, 3.05) is 26.7 Å². The second-order valence-corrected chi connectivity index (χ2v) is 5.84. The molecule has 0 aliphatic rings. The second kappa shape index (κ2) is 8.96. The van der Waals surface area contributed by atoms with E-state index in [0.29, 0.717) is 43.7 Å². The molecule has 0 aliphatic carbocycles. The molecule has 130 valence electrons. The number of aromatic nitrogens is 2. The zero-order valence-electron chi connectivity index (χ0n) is 14.4. The minimum atomic E-state index is -0.498. The first-order valence-corrected chi connectivity index (χ1v) is 7.50. The van der Waals surface area contributed by atoms with Crippen LogP contribution < -0.4 is 16.0 Å². The van der Waals surface area contributed by atoms with Crippen LogP contribution in [0.15, 0.2) is 9.52 Å². The highest BCUT2D eigenvalue weighted by Gasteiger charge is 2.15. The Balaban J connectivity index is 2.15. The summed E-state index contributed by atoms with van der Waals surface area (Å²) in [7, 11) is 1.67. The maximum Gasteiger partial charge on any atom is 0.407 e. The van der Waals surface area contributed by atoms with Gasteiger partial charge in [0.1, 0.15) is 5.60 Å². The predicted octanol–water partition coefficient (Wildman–Crippen LogP) is 0.610. The first-order valence-electron chi connectivity index (χ1n) is 7.50. The smallest absolute Gasteiger partial charge is 0.407 e. The lowest BCUT2D eigenvalue weighted by atomic mass is 10.2. The number of amides is 1. The van der Waals surface area contributed by atoms with Crippen LogP contribution in [0.4, 0.5) is 4.79 Å². The van der Waals surface area contributed by atoms with Crippen LogP contribution in [-0.2, 0) is 11.2 Å². The van der Waals surface area contributed by atoms with E-state index in [-0.39, 0.29) is 0 Å². The lowest BCUT2D eigenvalue weighted by Crippen LogP contribution is -2.43. The molecule has 0 saturated carbocycles. The molecule has 0 radical (unpaired) electrons. The standard InChI is InChI=1S/C14H26N6O3/c1-10-19-11(23-20-10)6-7-16-12(15-5)17-8-9-18-13(21)22-14(2,3)4/h6-9H2,1-5H3,(H,18,21)(H2,15,16,17). The number of nitrogens with one attached hydrogen (secondary N) is 3. The molecule has 1 aromatic heterocycles. The van der Waals surface area contributed by atoms with E-state index in [1.54, 1.807) is 14.0 Å². The SMILES string of the molecule is CN=C(NCCNC(=O)OC(C)(C)C)NCCc1nc(C)no1. The molecule has 0 atom stereocenters. The van der Waals surface area contributed by atoms with Gasteiger partial charge >= 0.3 is 6.09 Å². The third-order valence-electron chi connectivity index (χ3n) is 2.51. The molecule has 0 saturated heterocycles. The number of aliphatic imine (C=N–C) groups is 1. The van der Waals surface area contributed by atoms with Crippen LogP contribution in [0.25, 0.3) is 0 Å². The van der Waals surface area contributed by atoms with E-state index >= 15 is 0 Å². The molecular weight excluding hydrogens is 300 g/mol. The van der Waals surface area contributed by atoms with Gasteiger partial charge in [-0.25, -0.2) is 4.79 Å². The molecule has 1 rings (SSSR count). The summed E-state index contributed by atoms with van der Waals surface area (Å²) < 4.78 is 10.2. The van der Waals surface area contributed by atoms with Gasteiger partial charge in [-0.3, -0.25) is 4.99 Å². The Morgan fingerprint density at radius 1 is 1.22 bits per heavy atom.